The summed E-state index contributed by atoms with van der Waals surface area (Å²) in [6, 6.07) is 8.56. The molecule has 1 unspecified atom stereocenters. The Balaban J connectivity index is 2.00. The minimum Gasteiger partial charge on any atom is -0.307 e. The molecule has 1 heterocycles. The Labute approximate surface area is 110 Å². The first-order valence-corrected chi connectivity index (χ1v) is 6.82. The molecular formula is C16H23NO. The Kier molecular flexibility index (Phi) is 3.86. The molecule has 2 nitrogen and oxygen atoms in total. The minimum absolute atomic E-state index is 0.0901. The van der Waals surface area contributed by atoms with Crippen molar-refractivity contribution in [3.8, 4) is 0 Å². The maximum absolute atomic E-state index is 12.0. The number of benzene rings is 1. The highest BCUT2D eigenvalue weighted by Gasteiger charge is 2.22. The van der Waals surface area contributed by atoms with Gasteiger partial charge < -0.3 is 5.32 Å². The fourth-order valence-corrected chi connectivity index (χ4v) is 2.41. The molecule has 1 aliphatic rings. The number of hydrogen-bond acceptors (Lipinski definition) is 2. The Morgan fingerprint density at radius 2 is 1.94 bits per heavy atom. The molecule has 1 aliphatic heterocycles. The lowest BCUT2D eigenvalue weighted by Gasteiger charge is -2.19. The lowest BCUT2D eigenvalue weighted by atomic mass is 9.86. The fraction of sp³-hybridized carbons (Fsp3) is 0.562. The summed E-state index contributed by atoms with van der Waals surface area (Å²) in [6.07, 6.45) is 2.68. The monoisotopic (exact) mass is 245 g/mol. The van der Waals surface area contributed by atoms with Gasteiger partial charge in [-0.2, -0.15) is 0 Å². The third kappa shape index (κ3) is 3.20. The van der Waals surface area contributed by atoms with Crippen molar-refractivity contribution >= 4 is 5.78 Å². The molecule has 1 aromatic carbocycles. The van der Waals surface area contributed by atoms with Crippen molar-refractivity contribution in [2.45, 2.75) is 51.5 Å². The van der Waals surface area contributed by atoms with Gasteiger partial charge in [-0.05, 0) is 35.9 Å². The molecule has 1 N–H and O–H groups in total. The lowest BCUT2D eigenvalue weighted by Crippen LogP contribution is -2.31. The van der Waals surface area contributed by atoms with Crippen LogP contribution >= 0.6 is 0 Å². The van der Waals surface area contributed by atoms with Crippen LogP contribution in [0.4, 0.5) is 0 Å². The van der Waals surface area contributed by atoms with Crippen molar-refractivity contribution < 1.29 is 4.79 Å². The Hall–Kier alpha value is -1.15. The van der Waals surface area contributed by atoms with Gasteiger partial charge in [-0.15, -0.1) is 0 Å². The van der Waals surface area contributed by atoms with E-state index < -0.39 is 0 Å². The Morgan fingerprint density at radius 1 is 1.28 bits per heavy atom. The molecule has 0 aliphatic carbocycles. The van der Waals surface area contributed by atoms with Crippen molar-refractivity contribution in [3.05, 3.63) is 35.4 Å². The van der Waals surface area contributed by atoms with E-state index in [-0.39, 0.29) is 11.5 Å². The van der Waals surface area contributed by atoms with E-state index in [4.69, 9.17) is 0 Å². The average molecular weight is 245 g/mol. The fourth-order valence-electron chi connectivity index (χ4n) is 2.41. The molecule has 0 aromatic heterocycles. The number of ketones is 1. The van der Waals surface area contributed by atoms with Crippen molar-refractivity contribution in [1.29, 1.82) is 0 Å². The zero-order chi connectivity index (χ0) is 13.2. The summed E-state index contributed by atoms with van der Waals surface area (Å²) >= 11 is 0. The molecule has 0 radical (unpaired) electrons. The molecule has 1 saturated heterocycles. The molecule has 0 amide bonds. The largest absolute Gasteiger partial charge is 0.307 e. The smallest absolute Gasteiger partial charge is 0.154 e. The van der Waals surface area contributed by atoms with E-state index in [9.17, 15) is 4.79 Å². The predicted octanol–water partition coefficient (Wildman–Crippen LogP) is 2.85. The van der Waals surface area contributed by atoms with E-state index in [0.29, 0.717) is 12.2 Å². The Bertz CT molecular complexity index is 408. The van der Waals surface area contributed by atoms with E-state index in [1.807, 2.05) is 0 Å². The van der Waals surface area contributed by atoms with Crippen LogP contribution in [0.1, 0.15) is 44.7 Å². The van der Waals surface area contributed by atoms with Crippen molar-refractivity contribution in [2.75, 3.05) is 6.54 Å². The van der Waals surface area contributed by atoms with Gasteiger partial charge in [-0.3, -0.25) is 4.79 Å². The van der Waals surface area contributed by atoms with E-state index in [1.165, 1.54) is 5.56 Å². The van der Waals surface area contributed by atoms with Crippen LogP contribution in [0.15, 0.2) is 24.3 Å². The molecule has 0 bridgehead atoms. The first-order chi connectivity index (χ1) is 8.47. The molecule has 1 fully saturated rings. The van der Waals surface area contributed by atoms with Crippen molar-refractivity contribution in [2.24, 2.45) is 0 Å². The zero-order valence-corrected chi connectivity index (χ0v) is 11.6. The van der Waals surface area contributed by atoms with Crippen LogP contribution in [-0.2, 0) is 16.6 Å². The van der Waals surface area contributed by atoms with Gasteiger partial charge in [-0.1, -0.05) is 45.0 Å². The van der Waals surface area contributed by atoms with Crippen LogP contribution in [-0.4, -0.2) is 18.4 Å². The van der Waals surface area contributed by atoms with E-state index in [1.54, 1.807) is 0 Å². The molecule has 0 saturated carbocycles. The van der Waals surface area contributed by atoms with E-state index in [2.05, 4.69) is 50.4 Å². The van der Waals surface area contributed by atoms with Crippen LogP contribution in [0.2, 0.25) is 0 Å². The van der Waals surface area contributed by atoms with Gasteiger partial charge in [0.15, 0.2) is 5.78 Å². The van der Waals surface area contributed by atoms with Gasteiger partial charge in [0, 0.05) is 6.42 Å². The molecule has 0 spiro atoms. The summed E-state index contributed by atoms with van der Waals surface area (Å²) in [7, 11) is 0. The van der Waals surface area contributed by atoms with Crippen LogP contribution in [0.3, 0.4) is 0 Å². The van der Waals surface area contributed by atoms with Gasteiger partial charge in [0.05, 0.1) is 6.04 Å². The first-order valence-electron chi connectivity index (χ1n) is 6.82. The standard InChI is InChI=1S/C16H23NO/c1-16(2,3)13-8-6-12(7-9-13)11-15(18)14-5-4-10-17-14/h6-9,14,17H,4-5,10-11H2,1-3H3. The second kappa shape index (κ2) is 5.23. The summed E-state index contributed by atoms with van der Waals surface area (Å²) in [5.41, 5.74) is 2.62. The van der Waals surface area contributed by atoms with Gasteiger partial charge in [-0.25, -0.2) is 0 Å². The average Bonchev–Trinajstić information content (AvgIpc) is 2.82. The Morgan fingerprint density at radius 3 is 2.44 bits per heavy atom. The SMILES string of the molecule is CC(C)(C)c1ccc(CC(=O)C2CCCN2)cc1. The first kappa shape index (κ1) is 13.3. The van der Waals surface area contributed by atoms with Gasteiger partial charge >= 0.3 is 0 Å². The summed E-state index contributed by atoms with van der Waals surface area (Å²) in [5, 5.41) is 3.26. The van der Waals surface area contributed by atoms with Crippen LogP contribution in [0, 0.1) is 0 Å². The number of rotatable bonds is 3. The van der Waals surface area contributed by atoms with Crippen molar-refractivity contribution in [3.63, 3.8) is 0 Å². The molecule has 1 aromatic rings. The number of hydrogen-bond donors (Lipinski definition) is 1. The number of nitrogens with one attached hydrogen (secondary N) is 1. The summed E-state index contributed by atoms with van der Waals surface area (Å²) < 4.78 is 0. The quantitative estimate of drug-likeness (QED) is 0.887. The maximum Gasteiger partial charge on any atom is 0.154 e. The predicted molar refractivity (Wildman–Crippen MR) is 74.9 cm³/mol. The van der Waals surface area contributed by atoms with Gasteiger partial charge in [0.1, 0.15) is 0 Å². The summed E-state index contributed by atoms with van der Waals surface area (Å²) in [6.45, 7) is 7.60. The van der Waals surface area contributed by atoms with Crippen LogP contribution in [0.25, 0.3) is 0 Å². The van der Waals surface area contributed by atoms with Crippen LogP contribution < -0.4 is 5.32 Å². The van der Waals surface area contributed by atoms with Gasteiger partial charge in [0.25, 0.3) is 0 Å². The number of Topliss-reactive ketones (excluding diaryl/α,β-unsaturated/α-hetero) is 1. The summed E-state index contributed by atoms with van der Waals surface area (Å²) in [5.74, 6) is 0.330. The number of carbonyl (C=O) groups is 1. The van der Waals surface area contributed by atoms with Gasteiger partial charge in [0.2, 0.25) is 0 Å². The maximum atomic E-state index is 12.0. The van der Waals surface area contributed by atoms with Crippen molar-refractivity contribution in [1.82, 2.24) is 5.32 Å². The second-order valence-electron chi connectivity index (χ2n) is 6.24. The topological polar surface area (TPSA) is 29.1 Å². The van der Waals surface area contributed by atoms with Crippen LogP contribution in [0.5, 0.6) is 0 Å². The summed E-state index contributed by atoms with van der Waals surface area (Å²) in [4.78, 5) is 12.0. The molecular weight excluding hydrogens is 222 g/mol. The third-order valence-corrected chi connectivity index (χ3v) is 3.65. The highest BCUT2D eigenvalue weighted by Crippen LogP contribution is 2.22. The van der Waals surface area contributed by atoms with E-state index in [0.717, 1.165) is 24.9 Å². The molecule has 1 atom stereocenters. The highest BCUT2D eigenvalue weighted by molar-refractivity contribution is 5.86. The third-order valence-electron chi connectivity index (χ3n) is 3.65. The number of carbonyl (C=O) groups excluding carboxylic acids is 1. The second-order valence-corrected chi connectivity index (χ2v) is 6.24. The normalized spacial score (nSPS) is 20.1. The molecule has 2 rings (SSSR count). The van der Waals surface area contributed by atoms with E-state index >= 15 is 0 Å². The molecule has 98 valence electrons. The molecule has 2 heteroatoms. The zero-order valence-electron chi connectivity index (χ0n) is 11.6. The highest BCUT2D eigenvalue weighted by atomic mass is 16.1. The lowest BCUT2D eigenvalue weighted by molar-refractivity contribution is -0.120. The molecule has 18 heavy (non-hydrogen) atoms. The minimum atomic E-state index is 0.0901.